The zero-order valence-electron chi connectivity index (χ0n) is 14.0. The Labute approximate surface area is 138 Å². The van der Waals surface area contributed by atoms with Gasteiger partial charge in [0.05, 0.1) is 6.54 Å². The summed E-state index contributed by atoms with van der Waals surface area (Å²) in [6, 6.07) is 12.9. The van der Waals surface area contributed by atoms with Crippen LogP contribution in [-0.4, -0.2) is 35.0 Å². The first-order chi connectivity index (χ1) is 11.1. The standard InChI is InChI=1S/C19H25N3O/c1-15-6-3-4-7-17(15)9-10-20-19(23)14-22-13-12-21-11-5-8-18(21)16(22)2/h3-8,11,16H,9-10,12-14H2,1-2H3,(H,20,23). The quantitative estimate of drug-likeness (QED) is 0.921. The van der Waals surface area contributed by atoms with Gasteiger partial charge in [0, 0.05) is 37.6 Å². The van der Waals surface area contributed by atoms with E-state index in [2.05, 4.69) is 65.2 Å². The van der Waals surface area contributed by atoms with Gasteiger partial charge in [-0.3, -0.25) is 9.69 Å². The van der Waals surface area contributed by atoms with Crippen LogP contribution in [0.25, 0.3) is 0 Å². The number of hydrogen-bond donors (Lipinski definition) is 1. The van der Waals surface area contributed by atoms with Gasteiger partial charge in [-0.2, -0.15) is 0 Å². The molecule has 23 heavy (non-hydrogen) atoms. The van der Waals surface area contributed by atoms with Crippen molar-refractivity contribution < 1.29 is 4.79 Å². The lowest BCUT2D eigenvalue weighted by molar-refractivity contribution is -0.123. The highest BCUT2D eigenvalue weighted by atomic mass is 16.2. The molecule has 4 heteroatoms. The maximum atomic E-state index is 12.2. The summed E-state index contributed by atoms with van der Waals surface area (Å²) < 4.78 is 2.28. The molecule has 3 rings (SSSR count). The van der Waals surface area contributed by atoms with Gasteiger partial charge >= 0.3 is 0 Å². The number of fused-ring (bicyclic) bond motifs is 1. The average Bonchev–Trinajstić information content (AvgIpc) is 3.01. The Hall–Kier alpha value is -2.07. The zero-order valence-corrected chi connectivity index (χ0v) is 14.0. The Morgan fingerprint density at radius 1 is 1.22 bits per heavy atom. The van der Waals surface area contributed by atoms with Crippen LogP contribution in [0.5, 0.6) is 0 Å². The number of carbonyl (C=O) groups is 1. The van der Waals surface area contributed by atoms with Crippen molar-refractivity contribution in [3.63, 3.8) is 0 Å². The number of carbonyl (C=O) groups excluding carboxylic acids is 1. The van der Waals surface area contributed by atoms with Crippen LogP contribution in [0.4, 0.5) is 0 Å². The Morgan fingerprint density at radius 3 is 2.87 bits per heavy atom. The molecule has 2 heterocycles. The highest BCUT2D eigenvalue weighted by molar-refractivity contribution is 5.78. The summed E-state index contributed by atoms with van der Waals surface area (Å²) in [6.45, 7) is 7.34. The van der Waals surface area contributed by atoms with Gasteiger partial charge in [-0.25, -0.2) is 0 Å². The fraction of sp³-hybridized carbons (Fsp3) is 0.421. The average molecular weight is 311 g/mol. The number of amides is 1. The molecular formula is C19H25N3O. The lowest BCUT2D eigenvalue weighted by Crippen LogP contribution is -2.43. The van der Waals surface area contributed by atoms with Crippen molar-refractivity contribution in [3.8, 4) is 0 Å². The van der Waals surface area contributed by atoms with Gasteiger partial charge in [-0.05, 0) is 43.5 Å². The van der Waals surface area contributed by atoms with E-state index in [1.165, 1.54) is 16.8 Å². The second-order valence-corrected chi connectivity index (χ2v) is 6.30. The lowest BCUT2D eigenvalue weighted by Gasteiger charge is -2.34. The maximum absolute atomic E-state index is 12.2. The first-order valence-electron chi connectivity index (χ1n) is 8.35. The molecule has 0 bridgehead atoms. The van der Waals surface area contributed by atoms with Crippen LogP contribution in [0.1, 0.15) is 29.8 Å². The molecule has 1 N–H and O–H groups in total. The van der Waals surface area contributed by atoms with E-state index in [0.29, 0.717) is 19.1 Å². The van der Waals surface area contributed by atoms with Gasteiger partial charge in [-0.15, -0.1) is 0 Å². The summed E-state index contributed by atoms with van der Waals surface area (Å²) in [6.07, 6.45) is 3.00. The molecule has 0 radical (unpaired) electrons. The van der Waals surface area contributed by atoms with Crippen molar-refractivity contribution in [1.82, 2.24) is 14.8 Å². The zero-order chi connectivity index (χ0) is 16.2. The molecule has 0 aliphatic carbocycles. The smallest absolute Gasteiger partial charge is 0.234 e. The second-order valence-electron chi connectivity index (χ2n) is 6.30. The van der Waals surface area contributed by atoms with E-state index < -0.39 is 0 Å². The molecule has 1 amide bonds. The lowest BCUT2D eigenvalue weighted by atomic mass is 10.1. The largest absolute Gasteiger partial charge is 0.355 e. The predicted octanol–water partition coefficient (Wildman–Crippen LogP) is 2.53. The molecular weight excluding hydrogens is 286 g/mol. The van der Waals surface area contributed by atoms with Crippen molar-refractivity contribution in [2.24, 2.45) is 0 Å². The molecule has 0 saturated carbocycles. The Balaban J connectivity index is 1.48. The number of aryl methyl sites for hydroxylation is 1. The Morgan fingerprint density at radius 2 is 2.04 bits per heavy atom. The number of benzene rings is 1. The van der Waals surface area contributed by atoms with Crippen LogP contribution >= 0.6 is 0 Å². The molecule has 1 aromatic heterocycles. The fourth-order valence-electron chi connectivity index (χ4n) is 3.31. The van der Waals surface area contributed by atoms with Gasteiger partial charge in [0.1, 0.15) is 0 Å². The minimum atomic E-state index is 0.116. The van der Waals surface area contributed by atoms with E-state index in [1.54, 1.807) is 0 Å². The number of aromatic nitrogens is 1. The number of hydrogen-bond acceptors (Lipinski definition) is 2. The molecule has 4 nitrogen and oxygen atoms in total. The first kappa shape index (κ1) is 15.8. The summed E-state index contributed by atoms with van der Waals surface area (Å²) in [4.78, 5) is 14.5. The van der Waals surface area contributed by atoms with Gasteiger partial charge < -0.3 is 9.88 Å². The number of nitrogens with zero attached hydrogens (tertiary/aromatic N) is 2. The summed E-state index contributed by atoms with van der Waals surface area (Å²) in [7, 11) is 0. The molecule has 0 fully saturated rings. The van der Waals surface area contributed by atoms with Crippen LogP contribution in [0, 0.1) is 6.92 Å². The second kappa shape index (κ2) is 7.01. The topological polar surface area (TPSA) is 37.3 Å². The summed E-state index contributed by atoms with van der Waals surface area (Å²) in [5.41, 5.74) is 3.88. The predicted molar refractivity (Wildman–Crippen MR) is 92.3 cm³/mol. The number of nitrogens with one attached hydrogen (secondary N) is 1. The van der Waals surface area contributed by atoms with E-state index in [-0.39, 0.29) is 5.91 Å². The molecule has 2 aromatic rings. The molecule has 0 saturated heterocycles. The summed E-state index contributed by atoms with van der Waals surface area (Å²) in [5.74, 6) is 0.116. The maximum Gasteiger partial charge on any atom is 0.234 e. The van der Waals surface area contributed by atoms with E-state index in [9.17, 15) is 4.79 Å². The molecule has 1 aromatic carbocycles. The molecule has 1 atom stereocenters. The SMILES string of the molecule is Cc1ccccc1CCNC(=O)CN1CCn2cccc2C1C. The third kappa shape index (κ3) is 3.64. The van der Waals surface area contributed by atoms with Gasteiger partial charge in [0.15, 0.2) is 0 Å². The van der Waals surface area contributed by atoms with Crippen molar-refractivity contribution in [3.05, 3.63) is 59.4 Å². The van der Waals surface area contributed by atoms with E-state index in [0.717, 1.165) is 19.5 Å². The normalized spacial score (nSPS) is 17.7. The minimum Gasteiger partial charge on any atom is -0.355 e. The third-order valence-electron chi connectivity index (χ3n) is 4.79. The van der Waals surface area contributed by atoms with E-state index >= 15 is 0 Å². The van der Waals surface area contributed by atoms with Crippen molar-refractivity contribution in [2.75, 3.05) is 19.6 Å². The summed E-state index contributed by atoms with van der Waals surface area (Å²) >= 11 is 0. The highest BCUT2D eigenvalue weighted by Gasteiger charge is 2.24. The minimum absolute atomic E-state index is 0.116. The fourth-order valence-corrected chi connectivity index (χ4v) is 3.31. The first-order valence-corrected chi connectivity index (χ1v) is 8.35. The van der Waals surface area contributed by atoms with Crippen LogP contribution in [0.3, 0.4) is 0 Å². The third-order valence-corrected chi connectivity index (χ3v) is 4.79. The molecule has 0 spiro atoms. The summed E-state index contributed by atoms with van der Waals surface area (Å²) in [5, 5.41) is 3.06. The van der Waals surface area contributed by atoms with Crippen LogP contribution in [-0.2, 0) is 17.8 Å². The van der Waals surface area contributed by atoms with Crippen LogP contribution in [0.2, 0.25) is 0 Å². The van der Waals surface area contributed by atoms with Crippen LogP contribution in [0.15, 0.2) is 42.6 Å². The monoisotopic (exact) mass is 311 g/mol. The van der Waals surface area contributed by atoms with Gasteiger partial charge in [-0.1, -0.05) is 24.3 Å². The number of rotatable bonds is 5. The Bertz CT molecular complexity index is 677. The van der Waals surface area contributed by atoms with Crippen molar-refractivity contribution in [2.45, 2.75) is 32.9 Å². The van der Waals surface area contributed by atoms with Gasteiger partial charge in [0.25, 0.3) is 0 Å². The van der Waals surface area contributed by atoms with Crippen LogP contribution < -0.4 is 5.32 Å². The van der Waals surface area contributed by atoms with E-state index in [1.807, 2.05) is 6.07 Å². The molecule has 122 valence electrons. The Kier molecular flexibility index (Phi) is 4.82. The van der Waals surface area contributed by atoms with Gasteiger partial charge in [0.2, 0.25) is 5.91 Å². The molecule has 1 unspecified atom stereocenters. The van der Waals surface area contributed by atoms with Crippen molar-refractivity contribution >= 4 is 5.91 Å². The molecule has 1 aliphatic heterocycles. The highest BCUT2D eigenvalue weighted by Crippen LogP contribution is 2.24. The van der Waals surface area contributed by atoms with Crippen molar-refractivity contribution in [1.29, 1.82) is 0 Å². The molecule has 1 aliphatic rings. The van der Waals surface area contributed by atoms with E-state index in [4.69, 9.17) is 0 Å².